The minimum absolute atomic E-state index is 0.354. The van der Waals surface area contributed by atoms with Crippen molar-refractivity contribution in [3.63, 3.8) is 0 Å². The molecule has 0 saturated carbocycles. The van der Waals surface area contributed by atoms with Crippen molar-refractivity contribution in [2.75, 3.05) is 29.5 Å². The molecule has 0 bridgehead atoms. The molecule has 20 heavy (non-hydrogen) atoms. The number of hydrogen-bond acceptors (Lipinski definition) is 5. The zero-order valence-corrected chi connectivity index (χ0v) is 13.6. The van der Waals surface area contributed by atoms with Gasteiger partial charge in [-0.2, -0.15) is 11.8 Å². The summed E-state index contributed by atoms with van der Waals surface area (Å²) in [4.78, 5) is 8.84. The van der Waals surface area contributed by atoms with Crippen LogP contribution in [0, 0.1) is 0 Å². The normalized spacial score (nSPS) is 21.9. The summed E-state index contributed by atoms with van der Waals surface area (Å²) in [5.74, 6) is 3.27. The van der Waals surface area contributed by atoms with E-state index in [4.69, 9.17) is 0 Å². The molecule has 0 aromatic carbocycles. The van der Waals surface area contributed by atoms with Gasteiger partial charge in [0.25, 0.3) is 0 Å². The lowest BCUT2D eigenvalue weighted by Crippen LogP contribution is -2.28. The zero-order chi connectivity index (χ0) is 14.4. The van der Waals surface area contributed by atoms with E-state index in [0.29, 0.717) is 4.75 Å². The minimum atomic E-state index is 0.354. The van der Waals surface area contributed by atoms with Crippen LogP contribution in [0.1, 0.15) is 45.6 Å². The third-order valence-corrected chi connectivity index (χ3v) is 5.26. The molecule has 0 aliphatic carbocycles. The summed E-state index contributed by atoms with van der Waals surface area (Å²) in [7, 11) is 0. The Hall–Kier alpha value is -0.970. The molecule has 1 unspecified atom stereocenters. The van der Waals surface area contributed by atoms with Crippen LogP contribution in [0.3, 0.4) is 0 Å². The summed E-state index contributed by atoms with van der Waals surface area (Å²) in [5.41, 5.74) is 1.23. The second-order valence-corrected chi connectivity index (χ2v) is 7.27. The Bertz CT molecular complexity index is 430. The largest absolute Gasteiger partial charge is 0.370 e. The first kappa shape index (κ1) is 15.4. The molecule has 2 heterocycles. The van der Waals surface area contributed by atoms with Gasteiger partial charge in [-0.15, -0.1) is 0 Å². The Morgan fingerprint density at radius 2 is 2.00 bits per heavy atom. The van der Waals surface area contributed by atoms with Crippen LogP contribution in [0.4, 0.5) is 11.6 Å². The molecule has 1 fully saturated rings. The predicted octanol–water partition coefficient (Wildman–Crippen LogP) is 3.56. The second kappa shape index (κ2) is 7.16. The lowest BCUT2D eigenvalue weighted by molar-refractivity contribution is 0.633. The van der Waals surface area contributed by atoms with E-state index < -0.39 is 0 Å². The van der Waals surface area contributed by atoms with Crippen molar-refractivity contribution in [3.05, 3.63) is 11.9 Å². The van der Waals surface area contributed by atoms with Crippen molar-refractivity contribution in [3.8, 4) is 0 Å². The van der Waals surface area contributed by atoms with E-state index in [1.54, 1.807) is 6.33 Å². The summed E-state index contributed by atoms with van der Waals surface area (Å²) in [6, 6.07) is 0. The lowest BCUT2D eigenvalue weighted by Gasteiger charge is -2.24. The molecule has 0 spiro atoms. The van der Waals surface area contributed by atoms with Gasteiger partial charge < -0.3 is 10.6 Å². The summed E-state index contributed by atoms with van der Waals surface area (Å²) < 4.78 is 0.354. The molecule has 2 rings (SSSR count). The third-order valence-electron chi connectivity index (χ3n) is 3.72. The number of nitrogens with one attached hydrogen (secondary N) is 2. The molecular formula is C15H26N4S. The molecule has 1 aromatic rings. The second-order valence-electron chi connectivity index (χ2n) is 5.59. The molecular weight excluding hydrogens is 268 g/mol. The maximum absolute atomic E-state index is 4.46. The first-order valence-electron chi connectivity index (χ1n) is 7.64. The summed E-state index contributed by atoms with van der Waals surface area (Å²) in [5, 5.41) is 6.91. The van der Waals surface area contributed by atoms with E-state index in [1.807, 2.05) is 0 Å². The van der Waals surface area contributed by atoms with Crippen LogP contribution >= 0.6 is 11.8 Å². The summed E-state index contributed by atoms with van der Waals surface area (Å²) in [6.45, 7) is 8.52. The standard InChI is InChI=1S/C15H26N4S/c1-4-7-12-13(16-5-2)18-11-19-14(12)17-10-15(3)8-6-9-20-15/h11H,4-10H2,1-3H3,(H2,16,17,18,19). The lowest BCUT2D eigenvalue weighted by atomic mass is 10.1. The highest BCUT2D eigenvalue weighted by atomic mass is 32.2. The van der Waals surface area contributed by atoms with Gasteiger partial charge in [-0.1, -0.05) is 13.3 Å². The van der Waals surface area contributed by atoms with Crippen LogP contribution < -0.4 is 10.6 Å². The number of rotatable bonds is 7. The molecule has 1 aromatic heterocycles. The molecule has 1 aliphatic rings. The number of thioether (sulfide) groups is 1. The Morgan fingerprint density at radius 3 is 2.60 bits per heavy atom. The molecule has 2 N–H and O–H groups in total. The van der Waals surface area contributed by atoms with E-state index in [9.17, 15) is 0 Å². The van der Waals surface area contributed by atoms with Crippen molar-refractivity contribution < 1.29 is 0 Å². The minimum Gasteiger partial charge on any atom is -0.370 e. The maximum Gasteiger partial charge on any atom is 0.134 e. The molecule has 0 radical (unpaired) electrons. The van der Waals surface area contributed by atoms with Gasteiger partial charge in [-0.25, -0.2) is 9.97 Å². The average Bonchev–Trinajstić information content (AvgIpc) is 2.87. The maximum atomic E-state index is 4.46. The Labute approximate surface area is 126 Å². The topological polar surface area (TPSA) is 49.8 Å². The SMILES string of the molecule is CCCc1c(NCC)ncnc1NCC1(C)CCCS1. The molecule has 112 valence electrons. The van der Waals surface area contributed by atoms with Gasteiger partial charge in [0.15, 0.2) is 0 Å². The van der Waals surface area contributed by atoms with Gasteiger partial charge >= 0.3 is 0 Å². The number of aromatic nitrogens is 2. The van der Waals surface area contributed by atoms with Crippen molar-refractivity contribution in [2.24, 2.45) is 0 Å². The zero-order valence-electron chi connectivity index (χ0n) is 12.8. The van der Waals surface area contributed by atoms with E-state index in [-0.39, 0.29) is 0 Å². The highest BCUT2D eigenvalue weighted by Gasteiger charge is 2.29. The molecule has 1 atom stereocenters. The molecule has 0 amide bonds. The van der Waals surface area contributed by atoms with Crippen molar-refractivity contribution in [2.45, 2.75) is 51.2 Å². The van der Waals surface area contributed by atoms with Crippen molar-refractivity contribution >= 4 is 23.4 Å². The first-order chi connectivity index (χ1) is 9.68. The number of nitrogens with zero attached hydrogens (tertiary/aromatic N) is 2. The van der Waals surface area contributed by atoms with E-state index >= 15 is 0 Å². The Kier molecular flexibility index (Phi) is 5.52. The Morgan fingerprint density at radius 1 is 1.25 bits per heavy atom. The van der Waals surface area contributed by atoms with Crippen molar-refractivity contribution in [1.29, 1.82) is 0 Å². The van der Waals surface area contributed by atoms with Crippen LogP contribution in [0.5, 0.6) is 0 Å². The fraction of sp³-hybridized carbons (Fsp3) is 0.733. The van der Waals surface area contributed by atoms with Crippen molar-refractivity contribution in [1.82, 2.24) is 9.97 Å². The van der Waals surface area contributed by atoms with Crippen LogP contribution in [-0.4, -0.2) is 33.6 Å². The van der Waals surface area contributed by atoms with Gasteiger partial charge in [0.2, 0.25) is 0 Å². The van der Waals surface area contributed by atoms with Crippen LogP contribution in [0.25, 0.3) is 0 Å². The monoisotopic (exact) mass is 294 g/mol. The fourth-order valence-electron chi connectivity index (χ4n) is 2.62. The quantitative estimate of drug-likeness (QED) is 0.805. The highest BCUT2D eigenvalue weighted by molar-refractivity contribution is 8.00. The third kappa shape index (κ3) is 3.78. The van der Waals surface area contributed by atoms with Crippen LogP contribution in [0.15, 0.2) is 6.33 Å². The van der Waals surface area contributed by atoms with Gasteiger partial charge in [-0.05, 0) is 38.9 Å². The van der Waals surface area contributed by atoms with E-state index in [0.717, 1.165) is 37.6 Å². The molecule has 1 aliphatic heterocycles. The van der Waals surface area contributed by atoms with Gasteiger partial charge in [0.05, 0.1) is 0 Å². The van der Waals surface area contributed by atoms with E-state index in [2.05, 4.69) is 53.1 Å². The van der Waals surface area contributed by atoms with Gasteiger partial charge in [0.1, 0.15) is 18.0 Å². The van der Waals surface area contributed by atoms with Crippen LogP contribution in [0.2, 0.25) is 0 Å². The fourth-order valence-corrected chi connectivity index (χ4v) is 3.86. The number of hydrogen-bond donors (Lipinski definition) is 2. The van der Waals surface area contributed by atoms with E-state index in [1.165, 1.54) is 24.2 Å². The van der Waals surface area contributed by atoms with Crippen LogP contribution in [-0.2, 0) is 6.42 Å². The average molecular weight is 294 g/mol. The smallest absolute Gasteiger partial charge is 0.134 e. The molecule has 4 nitrogen and oxygen atoms in total. The molecule has 5 heteroatoms. The summed E-state index contributed by atoms with van der Waals surface area (Å²) in [6.07, 6.45) is 6.39. The summed E-state index contributed by atoms with van der Waals surface area (Å²) >= 11 is 2.08. The van der Waals surface area contributed by atoms with Gasteiger partial charge in [-0.3, -0.25) is 0 Å². The highest BCUT2D eigenvalue weighted by Crippen LogP contribution is 2.38. The Balaban J connectivity index is 2.11. The predicted molar refractivity (Wildman–Crippen MR) is 88.8 cm³/mol. The van der Waals surface area contributed by atoms with Gasteiger partial charge in [0, 0.05) is 23.4 Å². The first-order valence-corrected chi connectivity index (χ1v) is 8.62. The molecule has 1 saturated heterocycles. The number of anilines is 2.